The molecule has 0 aliphatic rings. The van der Waals surface area contributed by atoms with Gasteiger partial charge in [0.25, 0.3) is 5.56 Å². The minimum absolute atomic E-state index is 0.0739. The molecule has 0 fully saturated rings. The molecule has 4 aromatic rings. The van der Waals surface area contributed by atoms with Crippen LogP contribution in [-0.2, 0) is 17.9 Å². The molecule has 0 atom stereocenters. The van der Waals surface area contributed by atoms with Crippen molar-refractivity contribution in [3.63, 3.8) is 0 Å². The SMILES string of the molecule is COc1ccccc1CNC(=O)Cn1ccn2nc(-c3ccc(C)cc3)cc2c1=O. The monoisotopic (exact) mass is 402 g/mol. The normalized spacial score (nSPS) is 10.9. The number of aryl methyl sites for hydroxylation is 1. The van der Waals surface area contributed by atoms with Crippen molar-refractivity contribution in [3.8, 4) is 17.0 Å². The average Bonchev–Trinajstić information content (AvgIpc) is 3.20. The van der Waals surface area contributed by atoms with Crippen molar-refractivity contribution in [2.45, 2.75) is 20.0 Å². The van der Waals surface area contributed by atoms with Gasteiger partial charge in [-0.2, -0.15) is 5.10 Å². The van der Waals surface area contributed by atoms with Crippen molar-refractivity contribution < 1.29 is 9.53 Å². The van der Waals surface area contributed by atoms with E-state index in [1.165, 1.54) is 4.57 Å². The fourth-order valence-corrected chi connectivity index (χ4v) is 3.27. The number of methoxy groups -OCH3 is 1. The highest BCUT2D eigenvalue weighted by molar-refractivity contribution is 5.76. The zero-order valence-electron chi connectivity index (χ0n) is 16.8. The number of benzene rings is 2. The molecule has 2 aromatic carbocycles. The molecule has 2 heterocycles. The van der Waals surface area contributed by atoms with E-state index in [2.05, 4.69) is 10.4 Å². The number of hydrogen-bond acceptors (Lipinski definition) is 4. The van der Waals surface area contributed by atoms with E-state index in [-0.39, 0.29) is 18.0 Å². The molecule has 0 saturated heterocycles. The number of rotatable bonds is 6. The summed E-state index contributed by atoms with van der Waals surface area (Å²) in [7, 11) is 1.59. The molecule has 1 N–H and O–H groups in total. The van der Waals surface area contributed by atoms with Gasteiger partial charge in [0, 0.05) is 30.1 Å². The largest absolute Gasteiger partial charge is 0.496 e. The van der Waals surface area contributed by atoms with Gasteiger partial charge >= 0.3 is 0 Å². The number of fused-ring (bicyclic) bond motifs is 1. The Balaban J connectivity index is 1.51. The van der Waals surface area contributed by atoms with Gasteiger partial charge in [0.05, 0.1) is 12.8 Å². The quantitative estimate of drug-likeness (QED) is 0.538. The Morgan fingerprint density at radius 1 is 1.10 bits per heavy atom. The molecule has 0 saturated carbocycles. The Labute approximate surface area is 173 Å². The van der Waals surface area contributed by atoms with Gasteiger partial charge < -0.3 is 14.6 Å². The summed E-state index contributed by atoms with van der Waals surface area (Å²) in [4.78, 5) is 25.2. The number of nitrogens with zero attached hydrogens (tertiary/aromatic N) is 3. The molecular formula is C23H22N4O3. The maximum Gasteiger partial charge on any atom is 0.277 e. The molecule has 0 radical (unpaired) electrons. The Hall–Kier alpha value is -3.87. The zero-order chi connectivity index (χ0) is 21.1. The number of para-hydroxylation sites is 1. The van der Waals surface area contributed by atoms with Crippen LogP contribution in [0.5, 0.6) is 5.75 Å². The van der Waals surface area contributed by atoms with Gasteiger partial charge in [-0.05, 0) is 19.1 Å². The van der Waals surface area contributed by atoms with Crippen LogP contribution in [0.2, 0.25) is 0 Å². The highest BCUT2D eigenvalue weighted by atomic mass is 16.5. The molecule has 0 spiro atoms. The van der Waals surface area contributed by atoms with Gasteiger partial charge in [-0.3, -0.25) is 9.59 Å². The Morgan fingerprint density at radius 3 is 2.63 bits per heavy atom. The summed E-state index contributed by atoms with van der Waals surface area (Å²) in [6.07, 6.45) is 3.26. The van der Waals surface area contributed by atoms with E-state index < -0.39 is 0 Å². The summed E-state index contributed by atoms with van der Waals surface area (Å²) in [5.74, 6) is 0.449. The molecule has 0 unspecified atom stereocenters. The van der Waals surface area contributed by atoms with Crippen molar-refractivity contribution in [1.29, 1.82) is 0 Å². The van der Waals surface area contributed by atoms with Crippen LogP contribution in [0.1, 0.15) is 11.1 Å². The summed E-state index contributed by atoms with van der Waals surface area (Å²) in [5, 5.41) is 7.31. The van der Waals surface area contributed by atoms with Crippen molar-refractivity contribution in [3.05, 3.63) is 88.5 Å². The third-order valence-corrected chi connectivity index (χ3v) is 4.93. The van der Waals surface area contributed by atoms with Crippen LogP contribution in [0.4, 0.5) is 0 Å². The second-order valence-corrected chi connectivity index (χ2v) is 7.05. The molecule has 2 aromatic heterocycles. The van der Waals surface area contributed by atoms with Crippen LogP contribution in [0, 0.1) is 6.92 Å². The third kappa shape index (κ3) is 3.96. The van der Waals surface area contributed by atoms with Gasteiger partial charge in [0.1, 0.15) is 17.8 Å². The number of nitrogens with one attached hydrogen (secondary N) is 1. The molecule has 7 heteroatoms. The lowest BCUT2D eigenvalue weighted by Gasteiger charge is -2.10. The van der Waals surface area contributed by atoms with Gasteiger partial charge in [-0.25, -0.2) is 4.52 Å². The first-order valence-electron chi connectivity index (χ1n) is 9.59. The summed E-state index contributed by atoms with van der Waals surface area (Å²) < 4.78 is 8.22. The standard InChI is InChI=1S/C23H22N4O3/c1-16-7-9-17(10-8-16)19-13-20-23(29)26(11-12-27(20)25-19)15-22(28)24-14-18-5-3-4-6-21(18)30-2/h3-13H,14-15H2,1-2H3,(H,24,28). The lowest BCUT2D eigenvalue weighted by atomic mass is 10.1. The van der Waals surface area contributed by atoms with Crippen LogP contribution in [-0.4, -0.2) is 27.2 Å². The van der Waals surface area contributed by atoms with Gasteiger partial charge in [-0.15, -0.1) is 0 Å². The lowest BCUT2D eigenvalue weighted by Crippen LogP contribution is -2.32. The van der Waals surface area contributed by atoms with Crippen LogP contribution in [0.25, 0.3) is 16.8 Å². The number of amides is 1. The highest BCUT2D eigenvalue weighted by Gasteiger charge is 2.12. The Morgan fingerprint density at radius 2 is 1.87 bits per heavy atom. The molecule has 1 amide bonds. The summed E-state index contributed by atoms with van der Waals surface area (Å²) in [6, 6.07) is 17.2. The maximum atomic E-state index is 12.8. The fourth-order valence-electron chi connectivity index (χ4n) is 3.27. The highest BCUT2D eigenvalue weighted by Crippen LogP contribution is 2.19. The lowest BCUT2D eigenvalue weighted by molar-refractivity contribution is -0.121. The molecule has 0 bridgehead atoms. The van der Waals surface area contributed by atoms with E-state index >= 15 is 0 Å². The molecule has 0 aliphatic carbocycles. The number of hydrogen-bond donors (Lipinski definition) is 1. The van der Waals surface area contributed by atoms with E-state index in [1.54, 1.807) is 30.1 Å². The molecule has 7 nitrogen and oxygen atoms in total. The predicted molar refractivity (Wildman–Crippen MR) is 114 cm³/mol. The maximum absolute atomic E-state index is 12.8. The molecular weight excluding hydrogens is 380 g/mol. The van der Waals surface area contributed by atoms with Gasteiger partial charge in [-0.1, -0.05) is 48.0 Å². The minimum atomic E-state index is -0.268. The van der Waals surface area contributed by atoms with E-state index in [0.717, 1.165) is 16.7 Å². The van der Waals surface area contributed by atoms with E-state index in [0.29, 0.717) is 23.5 Å². The summed E-state index contributed by atoms with van der Waals surface area (Å²) in [6.45, 7) is 2.27. The molecule has 30 heavy (non-hydrogen) atoms. The van der Waals surface area contributed by atoms with Crippen LogP contribution in [0.3, 0.4) is 0 Å². The smallest absolute Gasteiger partial charge is 0.277 e. The average molecular weight is 402 g/mol. The first kappa shape index (κ1) is 19.4. The zero-order valence-corrected chi connectivity index (χ0v) is 16.8. The topological polar surface area (TPSA) is 77.6 Å². The van der Waals surface area contributed by atoms with E-state index in [1.807, 2.05) is 55.5 Å². The van der Waals surface area contributed by atoms with Crippen LogP contribution in [0.15, 0.2) is 71.8 Å². The van der Waals surface area contributed by atoms with Crippen molar-refractivity contribution >= 4 is 11.4 Å². The van der Waals surface area contributed by atoms with Crippen LogP contribution >= 0.6 is 0 Å². The first-order valence-corrected chi connectivity index (χ1v) is 9.59. The number of aromatic nitrogens is 3. The third-order valence-electron chi connectivity index (χ3n) is 4.93. The molecule has 4 rings (SSSR count). The number of carbonyl (C=O) groups is 1. The molecule has 0 aliphatic heterocycles. The van der Waals surface area contributed by atoms with Gasteiger partial charge in [0.15, 0.2) is 0 Å². The second-order valence-electron chi connectivity index (χ2n) is 7.05. The predicted octanol–water partition coefficient (Wildman–Crippen LogP) is 2.80. The Kier molecular flexibility index (Phi) is 5.34. The fraction of sp³-hybridized carbons (Fsp3) is 0.174. The summed E-state index contributed by atoms with van der Waals surface area (Å²) in [5.41, 5.74) is 3.83. The van der Waals surface area contributed by atoms with Crippen molar-refractivity contribution in [2.24, 2.45) is 0 Å². The van der Waals surface area contributed by atoms with E-state index in [9.17, 15) is 9.59 Å². The van der Waals surface area contributed by atoms with Gasteiger partial charge in [0.2, 0.25) is 5.91 Å². The number of ether oxygens (including phenoxy) is 1. The van der Waals surface area contributed by atoms with Crippen LogP contribution < -0.4 is 15.6 Å². The number of carbonyl (C=O) groups excluding carboxylic acids is 1. The molecule has 152 valence electrons. The van der Waals surface area contributed by atoms with Crippen molar-refractivity contribution in [1.82, 2.24) is 19.5 Å². The Bertz CT molecular complexity index is 1260. The minimum Gasteiger partial charge on any atom is -0.496 e. The summed E-state index contributed by atoms with van der Waals surface area (Å²) >= 11 is 0. The first-order chi connectivity index (χ1) is 14.5. The second kappa shape index (κ2) is 8.24. The van der Waals surface area contributed by atoms with Crippen molar-refractivity contribution in [2.75, 3.05) is 7.11 Å². The van der Waals surface area contributed by atoms with E-state index in [4.69, 9.17) is 4.74 Å².